The molecule has 5 aliphatic carbocycles. The average molecular weight is 341 g/mol. The Bertz CT molecular complexity index is 626. The zero-order valence-electron chi connectivity index (χ0n) is 17.6. The smallest absolute Gasteiger partial charge is 0.00514 e. The second-order valence-corrected chi connectivity index (χ2v) is 11.9. The fraction of sp³-hybridized carbons (Fsp3) is 0.920. The summed E-state index contributed by atoms with van der Waals surface area (Å²) >= 11 is 0. The topological polar surface area (TPSA) is 0 Å². The van der Waals surface area contributed by atoms with E-state index in [0.717, 1.165) is 35.5 Å². The van der Waals surface area contributed by atoms with Crippen LogP contribution in [0.25, 0.3) is 0 Å². The molecule has 0 aromatic rings. The Labute approximate surface area is 156 Å². The van der Waals surface area contributed by atoms with Crippen LogP contribution in [-0.4, -0.2) is 0 Å². The molecule has 1 spiro atoms. The summed E-state index contributed by atoms with van der Waals surface area (Å²) in [6, 6.07) is 0. The number of hydrogen-bond acceptors (Lipinski definition) is 0. The van der Waals surface area contributed by atoms with Crippen LogP contribution in [0.5, 0.6) is 0 Å². The number of rotatable bonds is 1. The fourth-order valence-corrected chi connectivity index (χ4v) is 9.72. The minimum atomic E-state index is 0.546. The van der Waals surface area contributed by atoms with Crippen molar-refractivity contribution in [2.75, 3.05) is 0 Å². The molecule has 0 radical (unpaired) electrons. The van der Waals surface area contributed by atoms with Crippen LogP contribution in [0, 0.1) is 51.8 Å². The largest absolute Gasteiger partial charge is 0.0673 e. The SMILES string of the molecule is CC1=C2C[C@]3(C)CC[C@@H](C(C)C)[C@H]3C[C@@H]2[C@@]23CC[C@@H](C)[C@@H]2CC[C@@]13C. The normalized spacial score (nSPS) is 57.0. The summed E-state index contributed by atoms with van der Waals surface area (Å²) in [4.78, 5) is 0. The molecule has 0 bridgehead atoms. The molecule has 0 aromatic heterocycles. The molecule has 0 heteroatoms. The molecule has 25 heavy (non-hydrogen) atoms. The Balaban J connectivity index is 1.60. The maximum atomic E-state index is 2.70. The van der Waals surface area contributed by atoms with Crippen molar-refractivity contribution in [3.05, 3.63) is 11.1 Å². The van der Waals surface area contributed by atoms with Gasteiger partial charge in [-0.3, -0.25) is 0 Å². The maximum Gasteiger partial charge on any atom is -0.00514 e. The van der Waals surface area contributed by atoms with Gasteiger partial charge in [-0.15, -0.1) is 0 Å². The van der Waals surface area contributed by atoms with Gasteiger partial charge in [-0.1, -0.05) is 45.8 Å². The molecule has 0 aromatic carbocycles. The van der Waals surface area contributed by atoms with E-state index in [1.54, 1.807) is 6.42 Å². The highest BCUT2D eigenvalue weighted by molar-refractivity contribution is 5.41. The van der Waals surface area contributed by atoms with Crippen molar-refractivity contribution >= 4 is 0 Å². The lowest BCUT2D eigenvalue weighted by Gasteiger charge is -2.51. The monoisotopic (exact) mass is 340 g/mol. The molecule has 5 rings (SSSR count). The van der Waals surface area contributed by atoms with Crippen LogP contribution in [0.15, 0.2) is 11.1 Å². The molecule has 140 valence electrons. The van der Waals surface area contributed by atoms with E-state index >= 15 is 0 Å². The molecular formula is C25H40. The minimum absolute atomic E-state index is 0.546. The van der Waals surface area contributed by atoms with Gasteiger partial charge in [-0.25, -0.2) is 0 Å². The summed E-state index contributed by atoms with van der Waals surface area (Å²) in [5, 5.41) is 0. The first-order valence-corrected chi connectivity index (χ1v) is 11.4. The summed E-state index contributed by atoms with van der Waals surface area (Å²) < 4.78 is 0. The lowest BCUT2D eigenvalue weighted by molar-refractivity contribution is 0.00599. The van der Waals surface area contributed by atoms with Crippen LogP contribution in [0.4, 0.5) is 0 Å². The lowest BCUT2D eigenvalue weighted by atomic mass is 9.53. The third-order valence-electron chi connectivity index (χ3n) is 11.1. The van der Waals surface area contributed by atoms with Gasteiger partial charge in [0.15, 0.2) is 0 Å². The van der Waals surface area contributed by atoms with Crippen LogP contribution < -0.4 is 0 Å². The molecular weight excluding hydrogens is 300 g/mol. The van der Waals surface area contributed by atoms with Gasteiger partial charge in [0.1, 0.15) is 0 Å². The highest BCUT2D eigenvalue weighted by atomic mass is 14.7. The van der Waals surface area contributed by atoms with Crippen molar-refractivity contribution in [3.8, 4) is 0 Å². The second kappa shape index (κ2) is 4.96. The van der Waals surface area contributed by atoms with E-state index in [9.17, 15) is 0 Å². The molecule has 8 atom stereocenters. The van der Waals surface area contributed by atoms with Crippen molar-refractivity contribution < 1.29 is 0 Å². The van der Waals surface area contributed by atoms with E-state index in [1.165, 1.54) is 44.9 Å². The van der Waals surface area contributed by atoms with Gasteiger partial charge in [-0.2, -0.15) is 0 Å². The van der Waals surface area contributed by atoms with Crippen molar-refractivity contribution in [2.24, 2.45) is 51.8 Å². The maximum absolute atomic E-state index is 2.70. The first kappa shape index (κ1) is 16.9. The molecule has 4 saturated carbocycles. The Kier molecular flexibility index (Phi) is 3.35. The molecule has 0 aliphatic heterocycles. The predicted octanol–water partition coefficient (Wildman–Crippen LogP) is 7.25. The van der Waals surface area contributed by atoms with Crippen LogP contribution in [0.1, 0.15) is 92.9 Å². The van der Waals surface area contributed by atoms with E-state index in [2.05, 4.69) is 41.5 Å². The average Bonchev–Trinajstić information content (AvgIpc) is 3.20. The van der Waals surface area contributed by atoms with E-state index in [0.29, 0.717) is 16.2 Å². The fourth-order valence-electron chi connectivity index (χ4n) is 9.72. The van der Waals surface area contributed by atoms with Gasteiger partial charge in [0.05, 0.1) is 0 Å². The Morgan fingerprint density at radius 3 is 2.44 bits per heavy atom. The molecule has 0 amide bonds. The summed E-state index contributed by atoms with van der Waals surface area (Å²) in [7, 11) is 0. The van der Waals surface area contributed by atoms with Crippen LogP contribution in [0.3, 0.4) is 0 Å². The Hall–Kier alpha value is -0.260. The van der Waals surface area contributed by atoms with Crippen molar-refractivity contribution in [3.63, 3.8) is 0 Å². The summed E-state index contributed by atoms with van der Waals surface area (Å²) in [5.41, 5.74) is 5.68. The van der Waals surface area contributed by atoms with E-state index < -0.39 is 0 Å². The lowest BCUT2D eigenvalue weighted by Crippen LogP contribution is -2.44. The third kappa shape index (κ3) is 1.76. The zero-order chi connectivity index (χ0) is 17.8. The van der Waals surface area contributed by atoms with Crippen LogP contribution >= 0.6 is 0 Å². The predicted molar refractivity (Wildman–Crippen MR) is 106 cm³/mol. The molecule has 0 unspecified atom stereocenters. The van der Waals surface area contributed by atoms with Gasteiger partial charge in [0, 0.05) is 0 Å². The number of allylic oxidation sites excluding steroid dienone is 2. The molecule has 4 fully saturated rings. The van der Waals surface area contributed by atoms with Crippen LogP contribution in [-0.2, 0) is 0 Å². The molecule has 0 N–H and O–H groups in total. The Morgan fingerprint density at radius 2 is 1.72 bits per heavy atom. The van der Waals surface area contributed by atoms with E-state index in [-0.39, 0.29) is 0 Å². The van der Waals surface area contributed by atoms with Gasteiger partial charge < -0.3 is 0 Å². The van der Waals surface area contributed by atoms with E-state index in [4.69, 9.17) is 0 Å². The summed E-state index contributed by atoms with van der Waals surface area (Å²) in [6.45, 7) is 15.5. The molecule has 0 nitrogen and oxygen atoms in total. The quantitative estimate of drug-likeness (QED) is 0.441. The zero-order valence-corrected chi connectivity index (χ0v) is 17.6. The minimum Gasteiger partial charge on any atom is -0.0673 e. The van der Waals surface area contributed by atoms with Gasteiger partial charge in [0.25, 0.3) is 0 Å². The summed E-state index contributed by atoms with van der Waals surface area (Å²) in [6.07, 6.45) is 12.1. The third-order valence-corrected chi connectivity index (χ3v) is 11.1. The number of fused-ring (bicyclic) bond motifs is 2. The van der Waals surface area contributed by atoms with Gasteiger partial charge in [0.2, 0.25) is 0 Å². The van der Waals surface area contributed by atoms with Gasteiger partial charge in [-0.05, 0) is 110 Å². The molecule has 5 aliphatic rings. The second-order valence-electron chi connectivity index (χ2n) is 11.9. The van der Waals surface area contributed by atoms with Crippen molar-refractivity contribution in [2.45, 2.75) is 92.9 Å². The first-order chi connectivity index (χ1) is 11.7. The van der Waals surface area contributed by atoms with Crippen molar-refractivity contribution in [1.29, 1.82) is 0 Å². The first-order valence-electron chi connectivity index (χ1n) is 11.4. The highest BCUT2D eigenvalue weighted by Gasteiger charge is 2.70. The highest BCUT2D eigenvalue weighted by Crippen LogP contribution is 2.79. The number of hydrogen-bond donors (Lipinski definition) is 0. The standard InChI is InChI=1S/C25H40/c1-15(2)18-8-10-23(5)14-19-17(4)24(6)11-9-20-16(3)7-12-25(20,24)22(19)13-21(18)23/h15-16,18,20-22H,7-14H2,1-6H3/t16-,18+,20+,21-,22+,23+,24+,25-/m1/s1. The van der Waals surface area contributed by atoms with Gasteiger partial charge >= 0.3 is 0 Å². The molecule has 0 heterocycles. The molecule has 0 saturated heterocycles. The van der Waals surface area contributed by atoms with Crippen molar-refractivity contribution in [1.82, 2.24) is 0 Å². The van der Waals surface area contributed by atoms with E-state index in [1.807, 2.05) is 11.1 Å². The summed E-state index contributed by atoms with van der Waals surface area (Å²) in [5.74, 6) is 5.83. The van der Waals surface area contributed by atoms with Crippen LogP contribution in [0.2, 0.25) is 0 Å². The Morgan fingerprint density at radius 1 is 0.960 bits per heavy atom.